The number of hydrogen-bond acceptors (Lipinski definition) is 2. The second-order valence-electron chi connectivity index (χ2n) is 3.43. The van der Waals surface area contributed by atoms with E-state index in [0.29, 0.717) is 0 Å². The fourth-order valence-electron chi connectivity index (χ4n) is 1.40. The fraction of sp³-hybridized carbons (Fsp3) is 0.500. The van der Waals surface area contributed by atoms with Gasteiger partial charge in [-0.1, -0.05) is 24.6 Å². The number of alkyl halides is 1. The van der Waals surface area contributed by atoms with Crippen LogP contribution in [0.2, 0.25) is 0 Å². The van der Waals surface area contributed by atoms with Crippen LogP contribution in [0.5, 0.6) is 5.75 Å². The van der Waals surface area contributed by atoms with Crippen molar-refractivity contribution >= 4 is 0 Å². The highest BCUT2D eigenvalue weighted by molar-refractivity contribution is 5.36. The van der Waals surface area contributed by atoms with Crippen molar-refractivity contribution in [2.45, 2.75) is 20.4 Å². The zero-order valence-corrected chi connectivity index (χ0v) is 9.35. The third kappa shape index (κ3) is 3.88. The lowest BCUT2D eigenvalue weighted by atomic mass is 10.1. The van der Waals surface area contributed by atoms with Gasteiger partial charge in [0.05, 0.1) is 0 Å². The summed E-state index contributed by atoms with van der Waals surface area (Å²) in [5.41, 5.74) is 2.28. The molecular weight excluding hydrogens is 193 g/mol. The maximum absolute atomic E-state index is 12.0. The molecule has 0 bridgehead atoms. The van der Waals surface area contributed by atoms with Crippen LogP contribution in [-0.4, -0.2) is 19.8 Å². The molecule has 0 atom stereocenters. The van der Waals surface area contributed by atoms with E-state index in [9.17, 15) is 4.39 Å². The number of benzene rings is 1. The van der Waals surface area contributed by atoms with E-state index in [4.69, 9.17) is 4.74 Å². The van der Waals surface area contributed by atoms with Crippen molar-refractivity contribution in [2.75, 3.05) is 19.8 Å². The van der Waals surface area contributed by atoms with Crippen molar-refractivity contribution in [3.8, 4) is 5.75 Å². The van der Waals surface area contributed by atoms with Crippen LogP contribution in [0, 0.1) is 6.92 Å². The summed E-state index contributed by atoms with van der Waals surface area (Å²) in [6.45, 7) is 5.44. The van der Waals surface area contributed by atoms with E-state index >= 15 is 0 Å². The van der Waals surface area contributed by atoms with E-state index in [2.05, 4.69) is 18.3 Å². The fourth-order valence-corrected chi connectivity index (χ4v) is 1.40. The van der Waals surface area contributed by atoms with Gasteiger partial charge in [0, 0.05) is 12.1 Å². The van der Waals surface area contributed by atoms with Crippen molar-refractivity contribution < 1.29 is 9.13 Å². The minimum Gasteiger partial charge on any atom is -0.491 e. The summed E-state index contributed by atoms with van der Waals surface area (Å²) in [7, 11) is 0. The molecule has 1 aromatic rings. The van der Waals surface area contributed by atoms with Crippen LogP contribution in [-0.2, 0) is 6.54 Å². The zero-order chi connectivity index (χ0) is 11.1. The highest BCUT2D eigenvalue weighted by Gasteiger charge is 2.03. The van der Waals surface area contributed by atoms with Crippen LogP contribution in [0.1, 0.15) is 18.1 Å². The third-order valence-corrected chi connectivity index (χ3v) is 2.12. The van der Waals surface area contributed by atoms with Gasteiger partial charge in [-0.25, -0.2) is 4.39 Å². The summed E-state index contributed by atoms with van der Waals surface area (Å²) in [5, 5.41) is 3.23. The van der Waals surface area contributed by atoms with Gasteiger partial charge in [0.2, 0.25) is 0 Å². The van der Waals surface area contributed by atoms with Crippen LogP contribution < -0.4 is 10.1 Å². The Morgan fingerprint density at radius 2 is 2.20 bits per heavy atom. The Morgan fingerprint density at radius 3 is 2.87 bits per heavy atom. The van der Waals surface area contributed by atoms with Crippen molar-refractivity contribution in [3.05, 3.63) is 29.3 Å². The lowest BCUT2D eigenvalue weighted by Crippen LogP contribution is -2.13. The monoisotopic (exact) mass is 211 g/mol. The normalized spacial score (nSPS) is 10.3. The van der Waals surface area contributed by atoms with Gasteiger partial charge >= 0.3 is 0 Å². The predicted molar refractivity (Wildman–Crippen MR) is 60.0 cm³/mol. The second kappa shape index (κ2) is 6.40. The molecule has 1 aromatic carbocycles. The molecule has 15 heavy (non-hydrogen) atoms. The minimum atomic E-state index is -0.450. The zero-order valence-electron chi connectivity index (χ0n) is 9.35. The van der Waals surface area contributed by atoms with Gasteiger partial charge in [-0.15, -0.1) is 0 Å². The van der Waals surface area contributed by atoms with Crippen LogP contribution in [0.25, 0.3) is 0 Å². The molecule has 1 rings (SSSR count). The van der Waals surface area contributed by atoms with Gasteiger partial charge in [0.1, 0.15) is 19.0 Å². The maximum Gasteiger partial charge on any atom is 0.123 e. The number of nitrogens with one attached hydrogen (secondary N) is 1. The molecule has 0 aromatic heterocycles. The Bertz CT molecular complexity index is 302. The summed E-state index contributed by atoms with van der Waals surface area (Å²) in [6, 6.07) is 5.94. The highest BCUT2D eigenvalue weighted by atomic mass is 19.1. The average molecular weight is 211 g/mol. The second-order valence-corrected chi connectivity index (χ2v) is 3.43. The molecular formula is C12H18FNO. The van der Waals surface area contributed by atoms with Gasteiger partial charge < -0.3 is 10.1 Å². The third-order valence-electron chi connectivity index (χ3n) is 2.12. The molecule has 3 heteroatoms. The molecule has 0 unspecified atom stereocenters. The van der Waals surface area contributed by atoms with E-state index in [1.807, 2.05) is 19.1 Å². The topological polar surface area (TPSA) is 21.3 Å². The Kier molecular flexibility index (Phi) is 5.12. The van der Waals surface area contributed by atoms with Crippen molar-refractivity contribution in [2.24, 2.45) is 0 Å². The Hall–Kier alpha value is -1.09. The lowest BCUT2D eigenvalue weighted by molar-refractivity contribution is 0.270. The maximum atomic E-state index is 12.0. The smallest absolute Gasteiger partial charge is 0.123 e. The van der Waals surface area contributed by atoms with E-state index < -0.39 is 6.67 Å². The Balaban J connectivity index is 2.73. The van der Waals surface area contributed by atoms with E-state index in [-0.39, 0.29) is 6.61 Å². The molecule has 0 aliphatic heterocycles. The molecule has 0 saturated heterocycles. The molecule has 0 aliphatic carbocycles. The first-order valence-corrected chi connectivity index (χ1v) is 5.27. The molecule has 0 fully saturated rings. The van der Waals surface area contributed by atoms with Gasteiger partial charge in [0.15, 0.2) is 0 Å². The Morgan fingerprint density at radius 1 is 1.40 bits per heavy atom. The van der Waals surface area contributed by atoms with Crippen LogP contribution in [0.3, 0.4) is 0 Å². The summed E-state index contributed by atoms with van der Waals surface area (Å²) in [5.74, 6) is 0.777. The van der Waals surface area contributed by atoms with E-state index in [0.717, 1.165) is 24.4 Å². The molecule has 0 heterocycles. The molecule has 0 spiro atoms. The van der Waals surface area contributed by atoms with Gasteiger partial charge in [-0.3, -0.25) is 0 Å². The molecule has 0 radical (unpaired) electrons. The quantitative estimate of drug-likeness (QED) is 0.780. The first-order valence-electron chi connectivity index (χ1n) is 5.27. The molecule has 0 aliphatic rings. The van der Waals surface area contributed by atoms with Gasteiger partial charge in [-0.05, 0) is 19.5 Å². The van der Waals surface area contributed by atoms with Crippen LogP contribution in [0.15, 0.2) is 18.2 Å². The number of ether oxygens (including phenoxy) is 1. The van der Waals surface area contributed by atoms with Crippen LogP contribution in [0.4, 0.5) is 4.39 Å². The van der Waals surface area contributed by atoms with Gasteiger partial charge in [0.25, 0.3) is 0 Å². The highest BCUT2D eigenvalue weighted by Crippen LogP contribution is 2.19. The summed E-state index contributed by atoms with van der Waals surface area (Å²) < 4.78 is 17.3. The molecule has 1 N–H and O–H groups in total. The molecule has 0 amide bonds. The van der Waals surface area contributed by atoms with Crippen molar-refractivity contribution in [1.82, 2.24) is 5.32 Å². The van der Waals surface area contributed by atoms with Crippen molar-refractivity contribution in [1.29, 1.82) is 0 Å². The van der Waals surface area contributed by atoms with Gasteiger partial charge in [-0.2, -0.15) is 0 Å². The van der Waals surface area contributed by atoms with Crippen LogP contribution >= 0.6 is 0 Å². The summed E-state index contributed by atoms with van der Waals surface area (Å²) >= 11 is 0. The first-order chi connectivity index (χ1) is 7.27. The SMILES string of the molecule is CCNCc1cc(C)ccc1OCCF. The predicted octanol–water partition coefficient (Wildman–Crippen LogP) is 2.45. The average Bonchev–Trinajstić information content (AvgIpc) is 2.25. The standard InChI is InChI=1S/C12H18FNO/c1-3-14-9-11-8-10(2)4-5-12(11)15-7-6-13/h4-5,8,14H,3,6-7,9H2,1-2H3. The Labute approximate surface area is 90.4 Å². The van der Waals surface area contributed by atoms with E-state index in [1.54, 1.807) is 0 Å². The number of rotatable bonds is 6. The minimum absolute atomic E-state index is 0.127. The molecule has 84 valence electrons. The molecule has 2 nitrogen and oxygen atoms in total. The summed E-state index contributed by atoms with van der Waals surface area (Å²) in [6.07, 6.45) is 0. The lowest BCUT2D eigenvalue weighted by Gasteiger charge is -2.11. The summed E-state index contributed by atoms with van der Waals surface area (Å²) in [4.78, 5) is 0. The number of hydrogen-bond donors (Lipinski definition) is 1. The largest absolute Gasteiger partial charge is 0.491 e. The molecule has 0 saturated carbocycles. The van der Waals surface area contributed by atoms with E-state index in [1.165, 1.54) is 5.56 Å². The number of aryl methyl sites for hydroxylation is 1. The number of halogens is 1. The first kappa shape index (κ1) is 12.0. The van der Waals surface area contributed by atoms with Crippen molar-refractivity contribution in [3.63, 3.8) is 0 Å².